The molecule has 2 aromatic carbocycles. The summed E-state index contributed by atoms with van der Waals surface area (Å²) in [6.07, 6.45) is 5.42. The maximum atomic E-state index is 12.7. The Morgan fingerprint density at radius 3 is 2.52 bits per heavy atom. The Morgan fingerprint density at radius 1 is 1.06 bits per heavy atom. The Balaban J connectivity index is 1.66. The van der Waals surface area contributed by atoms with Crippen molar-refractivity contribution in [3.05, 3.63) is 57.0 Å². The average Bonchev–Trinajstić information content (AvgIpc) is 2.75. The lowest BCUT2D eigenvalue weighted by Crippen LogP contribution is -2.36. The number of carbonyl (C=O) groups excluding carboxylic acids is 2. The van der Waals surface area contributed by atoms with Crippen LogP contribution in [-0.2, 0) is 0 Å². The molecule has 9 heteroatoms. The van der Waals surface area contributed by atoms with Gasteiger partial charge in [0.05, 0.1) is 23.3 Å². The van der Waals surface area contributed by atoms with Gasteiger partial charge in [0.15, 0.2) is 5.11 Å². The van der Waals surface area contributed by atoms with E-state index in [1.165, 1.54) is 13.5 Å². The second-order valence-corrected chi connectivity index (χ2v) is 8.99. The fourth-order valence-electron chi connectivity index (χ4n) is 3.48. The van der Waals surface area contributed by atoms with E-state index in [9.17, 15) is 9.59 Å². The molecule has 0 heterocycles. The van der Waals surface area contributed by atoms with Crippen molar-refractivity contribution in [3.63, 3.8) is 0 Å². The van der Waals surface area contributed by atoms with Crippen LogP contribution >= 0.6 is 39.7 Å². The summed E-state index contributed by atoms with van der Waals surface area (Å²) in [6, 6.07) is 10.2. The predicted octanol–water partition coefficient (Wildman–Crippen LogP) is 5.30. The fourth-order valence-corrected chi connectivity index (χ4v) is 4.25. The molecule has 3 N–H and O–H groups in total. The summed E-state index contributed by atoms with van der Waals surface area (Å²) in [6.45, 7) is 0. The lowest BCUT2D eigenvalue weighted by molar-refractivity contribution is 0.0926. The maximum Gasteiger partial charge on any atom is 0.261 e. The molecular weight excluding hydrogens is 502 g/mol. The molecule has 0 atom stereocenters. The average molecular weight is 525 g/mol. The normalized spacial score (nSPS) is 13.9. The highest BCUT2D eigenvalue weighted by Crippen LogP contribution is 2.24. The van der Waals surface area contributed by atoms with Gasteiger partial charge in [-0.2, -0.15) is 0 Å². The summed E-state index contributed by atoms with van der Waals surface area (Å²) in [5, 5.41) is 9.05. The molecule has 2 amide bonds. The van der Waals surface area contributed by atoms with Gasteiger partial charge < -0.3 is 15.4 Å². The zero-order valence-corrected chi connectivity index (χ0v) is 20.1. The van der Waals surface area contributed by atoms with Gasteiger partial charge in [0, 0.05) is 16.2 Å². The van der Waals surface area contributed by atoms with E-state index in [-0.39, 0.29) is 17.1 Å². The molecule has 164 valence electrons. The Hall–Kier alpha value is -2.16. The van der Waals surface area contributed by atoms with Crippen LogP contribution in [-0.4, -0.2) is 30.1 Å². The van der Waals surface area contributed by atoms with Crippen molar-refractivity contribution >= 4 is 62.4 Å². The van der Waals surface area contributed by atoms with Crippen LogP contribution in [0.15, 0.2) is 40.9 Å². The molecule has 1 fully saturated rings. The highest BCUT2D eigenvalue weighted by molar-refractivity contribution is 9.10. The quantitative estimate of drug-likeness (QED) is 0.463. The van der Waals surface area contributed by atoms with Crippen molar-refractivity contribution in [2.75, 3.05) is 12.4 Å². The van der Waals surface area contributed by atoms with Gasteiger partial charge in [-0.05, 0) is 61.5 Å². The van der Waals surface area contributed by atoms with Gasteiger partial charge in [0.25, 0.3) is 11.8 Å². The van der Waals surface area contributed by atoms with Crippen LogP contribution in [0.25, 0.3) is 0 Å². The third kappa shape index (κ3) is 6.41. The summed E-state index contributed by atoms with van der Waals surface area (Å²) in [4.78, 5) is 25.3. The van der Waals surface area contributed by atoms with Crippen molar-refractivity contribution in [1.29, 1.82) is 0 Å². The number of nitrogens with one attached hydrogen (secondary N) is 3. The van der Waals surface area contributed by atoms with Gasteiger partial charge in [-0.3, -0.25) is 14.9 Å². The summed E-state index contributed by atoms with van der Waals surface area (Å²) < 4.78 is 5.97. The molecule has 1 aliphatic carbocycles. The number of methoxy groups -OCH3 is 1. The van der Waals surface area contributed by atoms with Crippen LogP contribution in [0, 0.1) is 0 Å². The van der Waals surface area contributed by atoms with Crippen LogP contribution in [0.4, 0.5) is 5.69 Å². The number of benzene rings is 2. The van der Waals surface area contributed by atoms with Crippen LogP contribution in [0.2, 0.25) is 5.02 Å². The van der Waals surface area contributed by atoms with Crippen molar-refractivity contribution in [2.24, 2.45) is 0 Å². The molecule has 3 rings (SSSR count). The number of halogens is 2. The predicted molar refractivity (Wildman–Crippen MR) is 130 cm³/mol. The maximum absolute atomic E-state index is 12.7. The Bertz CT molecular complexity index is 996. The molecule has 2 aromatic rings. The van der Waals surface area contributed by atoms with E-state index in [2.05, 4.69) is 31.9 Å². The second-order valence-electron chi connectivity index (χ2n) is 7.26. The molecular formula is C22H23BrClN3O3S. The minimum absolute atomic E-state index is 0.0907. The second kappa shape index (κ2) is 10.9. The van der Waals surface area contributed by atoms with E-state index in [1.54, 1.807) is 36.4 Å². The van der Waals surface area contributed by atoms with Crippen LogP contribution in [0.1, 0.15) is 52.8 Å². The lowest BCUT2D eigenvalue weighted by Gasteiger charge is -2.23. The van der Waals surface area contributed by atoms with Gasteiger partial charge in [0.2, 0.25) is 0 Å². The number of anilines is 1. The standard InChI is InChI=1S/C22H23BrClN3O3S/c1-30-19-10-7-13(23)11-17(19)21(29)27-22(31)26-15-8-9-18(24)16(12-15)20(28)25-14-5-3-2-4-6-14/h7-12,14H,2-6H2,1H3,(H,25,28)(H2,26,27,29,31). The summed E-state index contributed by atoms with van der Waals surface area (Å²) >= 11 is 14.9. The monoisotopic (exact) mass is 523 g/mol. The van der Waals surface area contributed by atoms with Crippen molar-refractivity contribution < 1.29 is 14.3 Å². The molecule has 0 radical (unpaired) electrons. The molecule has 1 saturated carbocycles. The number of hydrogen-bond donors (Lipinski definition) is 3. The number of ether oxygens (including phenoxy) is 1. The third-order valence-electron chi connectivity index (χ3n) is 5.04. The number of carbonyl (C=O) groups is 2. The topological polar surface area (TPSA) is 79.5 Å². The van der Waals surface area contributed by atoms with E-state index >= 15 is 0 Å². The minimum Gasteiger partial charge on any atom is -0.496 e. The van der Waals surface area contributed by atoms with Gasteiger partial charge in [-0.1, -0.05) is 46.8 Å². The summed E-state index contributed by atoms with van der Waals surface area (Å²) in [5.74, 6) is -0.203. The van der Waals surface area contributed by atoms with Crippen molar-refractivity contribution in [1.82, 2.24) is 10.6 Å². The molecule has 0 spiro atoms. The van der Waals surface area contributed by atoms with Crippen LogP contribution in [0.5, 0.6) is 5.75 Å². The molecule has 6 nitrogen and oxygen atoms in total. The molecule has 0 aliphatic heterocycles. The SMILES string of the molecule is COc1ccc(Br)cc1C(=O)NC(=S)Nc1ccc(Cl)c(C(=O)NC2CCCCC2)c1. The first kappa shape index (κ1) is 23.5. The lowest BCUT2D eigenvalue weighted by atomic mass is 9.95. The smallest absolute Gasteiger partial charge is 0.261 e. The molecule has 0 bridgehead atoms. The highest BCUT2D eigenvalue weighted by Gasteiger charge is 2.19. The first-order chi connectivity index (χ1) is 14.9. The summed E-state index contributed by atoms with van der Waals surface area (Å²) in [5.41, 5.74) is 1.24. The van der Waals surface area contributed by atoms with Crippen molar-refractivity contribution in [3.8, 4) is 5.75 Å². The van der Waals surface area contributed by atoms with E-state index in [0.717, 1.165) is 30.2 Å². The van der Waals surface area contributed by atoms with E-state index < -0.39 is 5.91 Å². The van der Waals surface area contributed by atoms with Crippen LogP contribution in [0.3, 0.4) is 0 Å². The number of amides is 2. The van der Waals surface area contributed by atoms with Gasteiger partial charge >= 0.3 is 0 Å². The summed E-state index contributed by atoms with van der Waals surface area (Å²) in [7, 11) is 1.49. The van der Waals surface area contributed by atoms with Crippen LogP contribution < -0.4 is 20.7 Å². The Kier molecular flexibility index (Phi) is 8.28. The highest BCUT2D eigenvalue weighted by atomic mass is 79.9. The molecule has 0 unspecified atom stereocenters. The molecule has 31 heavy (non-hydrogen) atoms. The van der Waals surface area contributed by atoms with Crippen molar-refractivity contribution in [2.45, 2.75) is 38.1 Å². The number of rotatable bonds is 5. The molecule has 0 saturated heterocycles. The first-order valence-electron chi connectivity index (χ1n) is 9.93. The minimum atomic E-state index is -0.417. The van der Waals surface area contributed by atoms with Gasteiger partial charge in [-0.15, -0.1) is 0 Å². The van der Waals surface area contributed by atoms with Gasteiger partial charge in [0.1, 0.15) is 5.75 Å². The first-order valence-corrected chi connectivity index (χ1v) is 11.5. The number of thiocarbonyl (C=S) groups is 1. The molecule has 1 aliphatic rings. The Morgan fingerprint density at radius 2 is 1.81 bits per heavy atom. The van der Waals surface area contributed by atoms with E-state index in [4.69, 9.17) is 28.6 Å². The Labute approximate surface area is 200 Å². The third-order valence-corrected chi connectivity index (χ3v) is 6.07. The van der Waals surface area contributed by atoms with E-state index in [0.29, 0.717) is 27.6 Å². The molecule has 0 aromatic heterocycles. The zero-order chi connectivity index (χ0) is 22.4. The largest absolute Gasteiger partial charge is 0.496 e. The fraction of sp³-hybridized carbons (Fsp3) is 0.318. The van der Waals surface area contributed by atoms with Gasteiger partial charge in [-0.25, -0.2) is 0 Å². The number of hydrogen-bond acceptors (Lipinski definition) is 4. The van der Waals surface area contributed by atoms with E-state index in [1.807, 2.05) is 0 Å². The zero-order valence-electron chi connectivity index (χ0n) is 17.0.